The second-order valence-electron chi connectivity index (χ2n) is 2.15. The maximum absolute atomic E-state index is 8.53. The third kappa shape index (κ3) is 2.72. The highest BCUT2D eigenvalue weighted by atomic mass is 32.1. The molecule has 4 N–H and O–H groups in total. The fraction of sp³-hybridized carbons (Fsp3) is 0.333. The molecule has 0 aromatic carbocycles. The number of rotatable bonds is 3. The smallest absolute Gasteiger partial charge is 0.177 e. The Hall–Kier alpha value is -0.720. The van der Waals surface area contributed by atoms with Gasteiger partial charge in [-0.05, 0) is 12.2 Å². The van der Waals surface area contributed by atoms with E-state index in [1.165, 1.54) is 0 Å². The molecule has 1 aromatic heterocycles. The van der Waals surface area contributed by atoms with Crippen molar-refractivity contribution in [2.75, 3.05) is 18.5 Å². The summed E-state index contributed by atoms with van der Waals surface area (Å²) in [6.45, 7) is 0.552. The summed E-state index contributed by atoms with van der Waals surface area (Å²) < 4.78 is 1.04. The highest BCUT2D eigenvalue weighted by Crippen LogP contribution is 1.99. The molecule has 0 amide bonds. The van der Waals surface area contributed by atoms with E-state index in [0.717, 1.165) is 5.82 Å². The van der Waals surface area contributed by atoms with Crippen LogP contribution in [0.4, 0.5) is 5.82 Å². The minimum atomic E-state index is 0.0754. The van der Waals surface area contributed by atoms with E-state index >= 15 is 0 Å². The maximum Gasteiger partial charge on any atom is 0.177 e. The Kier molecular flexibility index (Phi) is 3.39. The normalized spacial score (nSPS) is 9.75. The molecule has 0 bridgehead atoms. The molecule has 12 heavy (non-hydrogen) atoms. The first kappa shape index (κ1) is 9.37. The van der Waals surface area contributed by atoms with Gasteiger partial charge in [0.25, 0.3) is 0 Å². The molecule has 0 aliphatic heterocycles. The van der Waals surface area contributed by atoms with Crippen LogP contribution in [0.5, 0.6) is 0 Å². The fourth-order valence-electron chi connectivity index (χ4n) is 0.755. The van der Waals surface area contributed by atoms with E-state index in [4.69, 9.17) is 29.5 Å². The average Bonchev–Trinajstić information content (AvgIpc) is 1.99. The van der Waals surface area contributed by atoms with Gasteiger partial charge in [0.1, 0.15) is 10.5 Å². The summed E-state index contributed by atoms with van der Waals surface area (Å²) in [6, 6.07) is 1.71. The van der Waals surface area contributed by atoms with Crippen LogP contribution in [0, 0.1) is 9.41 Å². The minimum absolute atomic E-state index is 0.0754. The second kappa shape index (κ2) is 4.34. The number of aromatic amines is 2. The highest BCUT2D eigenvalue weighted by molar-refractivity contribution is 7.72. The van der Waals surface area contributed by atoms with E-state index in [0.29, 0.717) is 16.0 Å². The average molecular weight is 203 g/mol. The van der Waals surface area contributed by atoms with Crippen molar-refractivity contribution in [1.29, 1.82) is 0 Å². The first-order valence-electron chi connectivity index (χ1n) is 3.41. The molecule has 0 radical (unpaired) electrons. The molecule has 1 aromatic rings. The summed E-state index contributed by atoms with van der Waals surface area (Å²) in [4.78, 5) is 5.61. The Balaban J connectivity index is 2.86. The fourth-order valence-corrected chi connectivity index (χ4v) is 1.26. The van der Waals surface area contributed by atoms with Crippen LogP contribution in [0.25, 0.3) is 0 Å². The van der Waals surface area contributed by atoms with Gasteiger partial charge in [0.15, 0.2) is 4.77 Å². The number of aliphatic hydroxyl groups is 1. The van der Waals surface area contributed by atoms with E-state index in [2.05, 4.69) is 15.3 Å². The summed E-state index contributed by atoms with van der Waals surface area (Å²) in [6.07, 6.45) is 0. The molecule has 0 saturated heterocycles. The first-order valence-corrected chi connectivity index (χ1v) is 4.22. The monoisotopic (exact) mass is 203 g/mol. The predicted octanol–water partition coefficient (Wildman–Crippen LogP) is 1.21. The van der Waals surface area contributed by atoms with Crippen molar-refractivity contribution in [1.82, 2.24) is 9.97 Å². The van der Waals surface area contributed by atoms with Gasteiger partial charge in [-0.15, -0.1) is 0 Å². The van der Waals surface area contributed by atoms with Crippen LogP contribution in [0.1, 0.15) is 0 Å². The number of hydrogen-bond acceptors (Lipinski definition) is 4. The Morgan fingerprint density at radius 2 is 2.17 bits per heavy atom. The summed E-state index contributed by atoms with van der Waals surface area (Å²) >= 11 is 9.75. The molecule has 1 heterocycles. The number of H-pyrrole nitrogens is 2. The second-order valence-corrected chi connectivity index (χ2v) is 3.00. The standard InChI is InChI=1S/C6H9N3OS2/c10-2-1-7-4-3-5(11)9-6(12)8-4/h3,10H,1-2H2,(H3,7,8,9,11,12). The topological polar surface area (TPSA) is 63.8 Å². The minimum Gasteiger partial charge on any atom is -0.395 e. The molecule has 0 aliphatic carbocycles. The van der Waals surface area contributed by atoms with Crippen LogP contribution in [0.3, 0.4) is 0 Å². The molecule has 1 rings (SSSR count). The van der Waals surface area contributed by atoms with Gasteiger partial charge in [0.2, 0.25) is 0 Å². The lowest BCUT2D eigenvalue weighted by Crippen LogP contribution is -2.07. The Morgan fingerprint density at radius 3 is 2.75 bits per heavy atom. The van der Waals surface area contributed by atoms with Crippen molar-refractivity contribution in [3.8, 4) is 0 Å². The summed E-state index contributed by atoms with van der Waals surface area (Å²) in [5, 5.41) is 11.4. The van der Waals surface area contributed by atoms with Crippen LogP contribution in [-0.4, -0.2) is 28.2 Å². The van der Waals surface area contributed by atoms with Crippen molar-refractivity contribution >= 4 is 30.3 Å². The zero-order valence-electron chi connectivity index (χ0n) is 6.26. The molecule has 0 spiro atoms. The van der Waals surface area contributed by atoms with Gasteiger partial charge in [0.05, 0.1) is 6.61 Å². The van der Waals surface area contributed by atoms with E-state index in [9.17, 15) is 0 Å². The van der Waals surface area contributed by atoms with Crippen molar-refractivity contribution < 1.29 is 5.11 Å². The van der Waals surface area contributed by atoms with Gasteiger partial charge < -0.3 is 20.4 Å². The van der Waals surface area contributed by atoms with Crippen molar-refractivity contribution in [3.63, 3.8) is 0 Å². The summed E-state index contributed by atoms with van der Waals surface area (Å²) in [5.41, 5.74) is 0. The lowest BCUT2D eigenvalue weighted by Gasteiger charge is -2.02. The van der Waals surface area contributed by atoms with Crippen LogP contribution < -0.4 is 5.32 Å². The molecule has 0 saturated carbocycles. The third-order valence-electron chi connectivity index (χ3n) is 1.19. The summed E-state index contributed by atoms with van der Waals surface area (Å²) in [7, 11) is 0. The number of aliphatic hydroxyl groups excluding tert-OH is 1. The largest absolute Gasteiger partial charge is 0.395 e. The van der Waals surface area contributed by atoms with Gasteiger partial charge in [-0.1, -0.05) is 12.2 Å². The van der Waals surface area contributed by atoms with Crippen LogP contribution in [0.15, 0.2) is 6.07 Å². The molecule has 66 valence electrons. The predicted molar refractivity (Wildman–Crippen MR) is 52.4 cm³/mol. The molecule has 0 aliphatic rings. The van der Waals surface area contributed by atoms with Crippen LogP contribution in [0.2, 0.25) is 0 Å². The molecule has 6 heteroatoms. The zero-order valence-corrected chi connectivity index (χ0v) is 7.89. The van der Waals surface area contributed by atoms with Crippen LogP contribution in [-0.2, 0) is 0 Å². The van der Waals surface area contributed by atoms with E-state index in [-0.39, 0.29) is 6.61 Å². The third-order valence-corrected chi connectivity index (χ3v) is 1.61. The van der Waals surface area contributed by atoms with Gasteiger partial charge in [-0.25, -0.2) is 0 Å². The number of anilines is 1. The number of aromatic nitrogens is 2. The van der Waals surface area contributed by atoms with Crippen LogP contribution >= 0.6 is 24.4 Å². The quantitative estimate of drug-likeness (QED) is 0.558. The first-order chi connectivity index (χ1) is 5.72. The van der Waals surface area contributed by atoms with E-state index in [1.54, 1.807) is 6.07 Å². The maximum atomic E-state index is 8.53. The van der Waals surface area contributed by atoms with Crippen molar-refractivity contribution in [2.45, 2.75) is 0 Å². The van der Waals surface area contributed by atoms with Crippen molar-refractivity contribution in [3.05, 3.63) is 15.5 Å². The van der Waals surface area contributed by atoms with E-state index in [1.807, 2.05) is 0 Å². The lowest BCUT2D eigenvalue weighted by atomic mass is 10.5. The molecular formula is C6H9N3OS2. The molecular weight excluding hydrogens is 194 g/mol. The van der Waals surface area contributed by atoms with Gasteiger partial charge >= 0.3 is 0 Å². The molecule has 0 atom stereocenters. The van der Waals surface area contributed by atoms with Crippen molar-refractivity contribution in [2.24, 2.45) is 0 Å². The molecule has 4 nitrogen and oxygen atoms in total. The van der Waals surface area contributed by atoms with Gasteiger partial charge in [0, 0.05) is 12.6 Å². The number of nitrogens with one attached hydrogen (secondary N) is 3. The zero-order chi connectivity index (χ0) is 8.97. The Morgan fingerprint density at radius 1 is 1.42 bits per heavy atom. The SMILES string of the molecule is OCCNc1cc(=S)[nH]c(=S)[nH]1. The molecule has 0 fully saturated rings. The van der Waals surface area contributed by atoms with Gasteiger partial charge in [-0.2, -0.15) is 0 Å². The Labute approximate surface area is 79.7 Å². The highest BCUT2D eigenvalue weighted by Gasteiger charge is 1.89. The Bertz CT molecular complexity index is 328. The summed E-state index contributed by atoms with van der Waals surface area (Å²) in [5.74, 6) is 0.720. The van der Waals surface area contributed by atoms with E-state index < -0.39 is 0 Å². The molecule has 0 unspecified atom stereocenters. The number of hydrogen-bond donors (Lipinski definition) is 4. The van der Waals surface area contributed by atoms with Gasteiger partial charge in [-0.3, -0.25) is 0 Å². The lowest BCUT2D eigenvalue weighted by molar-refractivity contribution is 0.311.